The zero-order chi connectivity index (χ0) is 28.5. The van der Waals surface area contributed by atoms with E-state index < -0.39 is 0 Å². The van der Waals surface area contributed by atoms with E-state index in [0.717, 1.165) is 21.5 Å². The summed E-state index contributed by atoms with van der Waals surface area (Å²) in [6, 6.07) is 58.0. The van der Waals surface area contributed by atoms with Crippen LogP contribution in [0.4, 0.5) is 17.1 Å². The minimum atomic E-state index is -0.371. The van der Waals surface area contributed by atoms with Crippen LogP contribution >= 0.6 is 15.9 Å². The Hall–Kier alpha value is -4.92. The van der Waals surface area contributed by atoms with E-state index in [1.807, 2.05) is 0 Å². The van der Waals surface area contributed by atoms with Crippen LogP contribution in [0.1, 0.15) is 22.3 Å². The molecule has 2 aliphatic carbocycles. The van der Waals surface area contributed by atoms with Gasteiger partial charge < -0.3 is 4.90 Å². The Kier molecular flexibility index (Phi) is 5.33. The topological polar surface area (TPSA) is 3.24 Å². The van der Waals surface area contributed by atoms with Crippen molar-refractivity contribution >= 4 is 43.8 Å². The summed E-state index contributed by atoms with van der Waals surface area (Å²) in [6.07, 6.45) is 0. The summed E-state index contributed by atoms with van der Waals surface area (Å²) in [5.74, 6) is 0. The molecule has 0 N–H and O–H groups in total. The van der Waals surface area contributed by atoms with E-state index in [2.05, 4.69) is 179 Å². The molecule has 0 saturated carbocycles. The second-order valence-corrected chi connectivity index (χ2v) is 12.4. The Morgan fingerprint density at radius 2 is 0.837 bits per heavy atom. The highest BCUT2D eigenvalue weighted by Crippen LogP contribution is 2.63. The van der Waals surface area contributed by atoms with Crippen LogP contribution < -0.4 is 4.90 Å². The second kappa shape index (κ2) is 9.29. The lowest BCUT2D eigenvalue weighted by atomic mass is 9.70. The summed E-state index contributed by atoms with van der Waals surface area (Å²) >= 11 is 3.65. The molecule has 1 nitrogen and oxygen atoms in total. The molecule has 9 rings (SSSR count). The van der Waals surface area contributed by atoms with Crippen LogP contribution in [0.25, 0.3) is 33.0 Å². The minimum Gasteiger partial charge on any atom is -0.310 e. The quantitative estimate of drug-likeness (QED) is 0.192. The molecule has 0 saturated heterocycles. The third kappa shape index (κ3) is 3.45. The lowest BCUT2D eigenvalue weighted by molar-refractivity contribution is 0.793. The fraction of sp³-hybridized carbons (Fsp3) is 0.0244. The molecule has 0 heterocycles. The van der Waals surface area contributed by atoms with Gasteiger partial charge >= 0.3 is 0 Å². The number of anilines is 3. The first kappa shape index (κ1) is 24.7. The van der Waals surface area contributed by atoms with Gasteiger partial charge in [-0.25, -0.2) is 0 Å². The van der Waals surface area contributed by atoms with Gasteiger partial charge in [0, 0.05) is 21.5 Å². The Morgan fingerprint density at radius 3 is 1.47 bits per heavy atom. The number of hydrogen-bond donors (Lipinski definition) is 0. The van der Waals surface area contributed by atoms with Gasteiger partial charge in [0.2, 0.25) is 0 Å². The largest absolute Gasteiger partial charge is 0.310 e. The molecule has 0 radical (unpaired) electrons. The SMILES string of the molecule is Brc1ccc(N(c2ccc3c(c2)C2(c4ccccc4-c4ccccc42)c2ccccc2-3)c2ccc3ccccc3c2)cc1. The highest BCUT2D eigenvalue weighted by Gasteiger charge is 2.51. The zero-order valence-corrected chi connectivity index (χ0v) is 24.9. The monoisotopic (exact) mass is 611 g/mol. The Balaban J connectivity index is 1.34. The van der Waals surface area contributed by atoms with Crippen LogP contribution in [0.3, 0.4) is 0 Å². The van der Waals surface area contributed by atoms with E-state index in [9.17, 15) is 0 Å². The van der Waals surface area contributed by atoms with E-state index in [0.29, 0.717) is 0 Å². The standard InChI is InChI=1S/C41H26BrN/c42-29-18-21-30(22-19-29)43(31-20-17-27-9-1-2-10-28(27)25-31)32-23-24-36-35-13-5-8-16-39(35)41(40(36)26-32)37-14-6-3-11-33(37)34-12-4-7-15-38(34)41/h1-26H. The summed E-state index contributed by atoms with van der Waals surface area (Å²) in [7, 11) is 0. The average molecular weight is 613 g/mol. The fourth-order valence-electron chi connectivity index (χ4n) is 7.58. The van der Waals surface area contributed by atoms with Crippen molar-refractivity contribution in [2.75, 3.05) is 4.90 Å². The molecule has 0 bridgehead atoms. The second-order valence-electron chi connectivity index (χ2n) is 11.5. The van der Waals surface area contributed by atoms with Crippen molar-refractivity contribution in [3.05, 3.63) is 184 Å². The molecule has 7 aromatic carbocycles. The number of hydrogen-bond acceptors (Lipinski definition) is 1. The lowest BCUT2D eigenvalue weighted by Crippen LogP contribution is -2.26. The van der Waals surface area contributed by atoms with Crippen molar-refractivity contribution in [2.45, 2.75) is 5.41 Å². The van der Waals surface area contributed by atoms with Gasteiger partial charge in [-0.3, -0.25) is 0 Å². The van der Waals surface area contributed by atoms with Crippen molar-refractivity contribution in [3.63, 3.8) is 0 Å². The third-order valence-electron chi connectivity index (χ3n) is 9.31. The van der Waals surface area contributed by atoms with E-state index in [-0.39, 0.29) is 5.41 Å². The molecule has 2 heteroatoms. The molecule has 1 spiro atoms. The molecule has 7 aromatic rings. The van der Waals surface area contributed by atoms with Crippen molar-refractivity contribution in [1.29, 1.82) is 0 Å². The Morgan fingerprint density at radius 1 is 0.372 bits per heavy atom. The van der Waals surface area contributed by atoms with Crippen LogP contribution in [0.15, 0.2) is 162 Å². The zero-order valence-electron chi connectivity index (χ0n) is 23.3. The molecule has 0 aromatic heterocycles. The number of fused-ring (bicyclic) bond motifs is 11. The average Bonchev–Trinajstić information content (AvgIpc) is 3.53. The number of rotatable bonds is 3. The maximum atomic E-state index is 3.65. The maximum absolute atomic E-state index is 3.65. The first-order valence-corrected chi connectivity index (χ1v) is 15.5. The molecular formula is C41H26BrN. The van der Waals surface area contributed by atoms with Gasteiger partial charge in [0.05, 0.1) is 5.41 Å². The van der Waals surface area contributed by atoms with Crippen LogP contribution in [0, 0.1) is 0 Å². The molecule has 0 fully saturated rings. The van der Waals surface area contributed by atoms with Crippen molar-refractivity contribution < 1.29 is 0 Å². The summed E-state index contributed by atoms with van der Waals surface area (Å²) in [5, 5.41) is 2.47. The van der Waals surface area contributed by atoms with Gasteiger partial charge in [-0.05, 0) is 104 Å². The number of halogens is 1. The van der Waals surface area contributed by atoms with E-state index >= 15 is 0 Å². The van der Waals surface area contributed by atoms with E-state index in [4.69, 9.17) is 0 Å². The van der Waals surface area contributed by atoms with Crippen LogP contribution in [0.5, 0.6) is 0 Å². The Labute approximate surface area is 259 Å². The van der Waals surface area contributed by atoms with Gasteiger partial charge in [0.15, 0.2) is 0 Å². The molecule has 0 aliphatic heterocycles. The van der Waals surface area contributed by atoms with Crippen LogP contribution in [0.2, 0.25) is 0 Å². The molecule has 202 valence electrons. The first-order valence-electron chi connectivity index (χ1n) is 14.7. The molecule has 0 amide bonds. The third-order valence-corrected chi connectivity index (χ3v) is 9.84. The van der Waals surface area contributed by atoms with Gasteiger partial charge in [-0.1, -0.05) is 125 Å². The van der Waals surface area contributed by atoms with Crippen molar-refractivity contribution in [3.8, 4) is 22.3 Å². The summed E-state index contributed by atoms with van der Waals surface area (Å²) < 4.78 is 1.07. The normalized spacial score (nSPS) is 13.4. The minimum absolute atomic E-state index is 0.371. The molecule has 43 heavy (non-hydrogen) atoms. The summed E-state index contributed by atoms with van der Waals surface area (Å²) in [4.78, 5) is 2.39. The first-order chi connectivity index (χ1) is 21.2. The molecule has 0 atom stereocenters. The summed E-state index contributed by atoms with van der Waals surface area (Å²) in [5.41, 5.74) is 13.7. The van der Waals surface area contributed by atoms with Gasteiger partial charge in [-0.15, -0.1) is 0 Å². The van der Waals surface area contributed by atoms with E-state index in [1.165, 1.54) is 55.3 Å². The molecule has 2 aliphatic rings. The molecule has 0 unspecified atom stereocenters. The number of nitrogens with zero attached hydrogens (tertiary/aromatic N) is 1. The smallest absolute Gasteiger partial charge is 0.0726 e. The maximum Gasteiger partial charge on any atom is 0.0726 e. The number of benzene rings is 7. The molecular weight excluding hydrogens is 586 g/mol. The van der Waals surface area contributed by atoms with E-state index in [1.54, 1.807) is 0 Å². The van der Waals surface area contributed by atoms with Gasteiger partial charge in [0.25, 0.3) is 0 Å². The predicted octanol–water partition coefficient (Wildman–Crippen LogP) is 11.4. The highest BCUT2D eigenvalue weighted by atomic mass is 79.9. The predicted molar refractivity (Wildman–Crippen MR) is 183 cm³/mol. The lowest BCUT2D eigenvalue weighted by Gasteiger charge is -2.32. The van der Waals surface area contributed by atoms with Crippen molar-refractivity contribution in [2.24, 2.45) is 0 Å². The fourth-order valence-corrected chi connectivity index (χ4v) is 7.84. The summed E-state index contributed by atoms with van der Waals surface area (Å²) in [6.45, 7) is 0. The van der Waals surface area contributed by atoms with Gasteiger partial charge in [-0.2, -0.15) is 0 Å². The Bertz CT molecular complexity index is 2150. The van der Waals surface area contributed by atoms with Gasteiger partial charge in [0.1, 0.15) is 0 Å². The highest BCUT2D eigenvalue weighted by molar-refractivity contribution is 9.10. The van der Waals surface area contributed by atoms with Crippen molar-refractivity contribution in [1.82, 2.24) is 0 Å². The van der Waals surface area contributed by atoms with Crippen LogP contribution in [-0.2, 0) is 5.41 Å². The van der Waals surface area contributed by atoms with Crippen LogP contribution in [-0.4, -0.2) is 0 Å².